The van der Waals surface area contributed by atoms with E-state index in [1.165, 1.54) is 7.11 Å². The van der Waals surface area contributed by atoms with Crippen molar-refractivity contribution in [1.82, 2.24) is 25.0 Å². The van der Waals surface area contributed by atoms with Crippen molar-refractivity contribution in [2.45, 2.75) is 39.3 Å². The van der Waals surface area contributed by atoms with Gasteiger partial charge >= 0.3 is 6.09 Å². The monoisotopic (exact) mass is 557 g/mol. The number of methoxy groups -OCH3 is 1. The molecule has 1 aromatic carbocycles. The minimum atomic E-state index is -0.530. The third-order valence-corrected chi connectivity index (χ3v) is 6.25. The standard InChI is InChI=1S/C29H31N7O5/c1-17-23(24(35-41-17)18-9-7-6-8-10-18)25(37)33-22-12-11-21(34-26(22)39-5)19-13-30-27(31-14-19)32-20-15-36(16-20)28(38)40-29(2,3)4/h6-14,20H,15-16H2,1-5H3,(H,33,37)(H,30,31,32). The number of carbonyl (C=O) groups is 2. The number of hydrogen-bond acceptors (Lipinski definition) is 10. The van der Waals surface area contributed by atoms with Crippen LogP contribution in [0, 0.1) is 6.92 Å². The van der Waals surface area contributed by atoms with Crippen molar-refractivity contribution in [2.75, 3.05) is 30.8 Å². The van der Waals surface area contributed by atoms with Gasteiger partial charge in [0.1, 0.15) is 28.3 Å². The van der Waals surface area contributed by atoms with Crippen molar-refractivity contribution in [3.05, 3.63) is 66.2 Å². The molecule has 2 N–H and O–H groups in total. The van der Waals surface area contributed by atoms with Gasteiger partial charge < -0.3 is 29.5 Å². The van der Waals surface area contributed by atoms with Crippen LogP contribution in [0.2, 0.25) is 0 Å². The summed E-state index contributed by atoms with van der Waals surface area (Å²) in [5, 5.41) is 10.1. The van der Waals surface area contributed by atoms with Gasteiger partial charge in [-0.25, -0.2) is 19.7 Å². The smallest absolute Gasteiger partial charge is 0.410 e. The van der Waals surface area contributed by atoms with E-state index in [0.717, 1.165) is 5.56 Å². The Labute approximate surface area is 237 Å². The summed E-state index contributed by atoms with van der Waals surface area (Å²) < 4.78 is 16.2. The van der Waals surface area contributed by atoms with Crippen LogP contribution in [0.15, 0.2) is 59.4 Å². The molecular weight excluding hydrogens is 526 g/mol. The fourth-order valence-corrected chi connectivity index (χ4v) is 4.23. The van der Waals surface area contributed by atoms with E-state index in [1.54, 1.807) is 36.4 Å². The van der Waals surface area contributed by atoms with E-state index in [0.29, 0.717) is 53.0 Å². The van der Waals surface area contributed by atoms with Gasteiger partial charge in [0.2, 0.25) is 11.8 Å². The maximum atomic E-state index is 13.2. The Hall–Kier alpha value is -5.00. The molecule has 2 amide bonds. The first-order valence-electron chi connectivity index (χ1n) is 13.1. The lowest BCUT2D eigenvalue weighted by Crippen LogP contribution is -2.58. The predicted octanol–water partition coefficient (Wildman–Crippen LogP) is 4.79. The summed E-state index contributed by atoms with van der Waals surface area (Å²) in [4.78, 5) is 40.3. The molecule has 41 heavy (non-hydrogen) atoms. The summed E-state index contributed by atoms with van der Waals surface area (Å²) in [6.45, 7) is 8.22. The summed E-state index contributed by atoms with van der Waals surface area (Å²) >= 11 is 0. The average Bonchev–Trinajstić information content (AvgIpc) is 3.32. The van der Waals surface area contributed by atoms with Gasteiger partial charge in [0.15, 0.2) is 0 Å². The highest BCUT2D eigenvalue weighted by Crippen LogP contribution is 2.30. The van der Waals surface area contributed by atoms with Crippen molar-refractivity contribution in [2.24, 2.45) is 0 Å². The molecule has 0 saturated carbocycles. The summed E-state index contributed by atoms with van der Waals surface area (Å²) in [7, 11) is 1.48. The van der Waals surface area contributed by atoms with E-state index < -0.39 is 11.5 Å². The fourth-order valence-electron chi connectivity index (χ4n) is 4.23. The molecule has 212 valence electrons. The molecule has 4 aromatic rings. The normalized spacial score (nSPS) is 13.3. The molecule has 0 spiro atoms. The number of carbonyl (C=O) groups excluding carboxylic acids is 2. The maximum absolute atomic E-state index is 13.2. The van der Waals surface area contributed by atoms with Crippen LogP contribution in [0.4, 0.5) is 16.4 Å². The topological polar surface area (TPSA) is 145 Å². The van der Waals surface area contributed by atoms with Crippen LogP contribution < -0.4 is 15.4 Å². The van der Waals surface area contributed by atoms with Crippen LogP contribution >= 0.6 is 0 Å². The van der Waals surface area contributed by atoms with Crippen LogP contribution in [-0.4, -0.2) is 68.9 Å². The summed E-state index contributed by atoms with van der Waals surface area (Å²) in [6.07, 6.45) is 2.96. The van der Waals surface area contributed by atoms with Gasteiger partial charge in [0, 0.05) is 36.6 Å². The molecule has 0 radical (unpaired) electrons. The molecule has 0 bridgehead atoms. The van der Waals surface area contributed by atoms with E-state index in [9.17, 15) is 9.59 Å². The first-order chi connectivity index (χ1) is 19.6. The molecule has 0 atom stereocenters. The first kappa shape index (κ1) is 27.6. The molecule has 0 aliphatic carbocycles. The Morgan fingerprint density at radius 1 is 1.02 bits per heavy atom. The third-order valence-electron chi connectivity index (χ3n) is 6.25. The van der Waals surface area contributed by atoms with Crippen LogP contribution in [-0.2, 0) is 4.74 Å². The minimum absolute atomic E-state index is 0.0333. The van der Waals surface area contributed by atoms with Gasteiger partial charge in [-0.05, 0) is 39.8 Å². The van der Waals surface area contributed by atoms with Crippen molar-refractivity contribution < 1.29 is 23.6 Å². The van der Waals surface area contributed by atoms with Gasteiger partial charge in [-0.15, -0.1) is 0 Å². The zero-order chi connectivity index (χ0) is 29.1. The summed E-state index contributed by atoms with van der Waals surface area (Å²) in [6, 6.07) is 12.8. The molecule has 12 heteroatoms. The molecule has 0 unspecified atom stereocenters. The lowest BCUT2D eigenvalue weighted by molar-refractivity contribution is 0.0104. The van der Waals surface area contributed by atoms with E-state index in [4.69, 9.17) is 14.0 Å². The number of aryl methyl sites for hydroxylation is 1. The molecule has 4 heterocycles. The number of nitrogens with one attached hydrogen (secondary N) is 2. The molecular formula is C29H31N7O5. The molecule has 1 fully saturated rings. The Morgan fingerprint density at radius 2 is 1.73 bits per heavy atom. The maximum Gasteiger partial charge on any atom is 0.410 e. The Morgan fingerprint density at radius 3 is 2.39 bits per heavy atom. The van der Waals surface area contributed by atoms with E-state index >= 15 is 0 Å². The van der Waals surface area contributed by atoms with Crippen molar-refractivity contribution in [1.29, 1.82) is 0 Å². The zero-order valence-corrected chi connectivity index (χ0v) is 23.5. The van der Waals surface area contributed by atoms with Gasteiger partial charge in [-0.2, -0.15) is 0 Å². The highest BCUT2D eigenvalue weighted by atomic mass is 16.6. The molecule has 1 saturated heterocycles. The van der Waals surface area contributed by atoms with Crippen LogP contribution in [0.5, 0.6) is 5.88 Å². The van der Waals surface area contributed by atoms with Gasteiger partial charge in [0.25, 0.3) is 5.91 Å². The molecule has 1 aliphatic heterocycles. The molecule has 3 aromatic heterocycles. The van der Waals surface area contributed by atoms with E-state index in [-0.39, 0.29) is 18.0 Å². The van der Waals surface area contributed by atoms with E-state index in [1.807, 2.05) is 51.1 Å². The number of aromatic nitrogens is 4. The first-order valence-corrected chi connectivity index (χ1v) is 13.1. The van der Waals surface area contributed by atoms with Gasteiger partial charge in [-0.1, -0.05) is 35.5 Å². The lowest BCUT2D eigenvalue weighted by atomic mass is 10.1. The number of nitrogens with zero attached hydrogens (tertiary/aromatic N) is 5. The summed E-state index contributed by atoms with van der Waals surface area (Å²) in [5.74, 6) is 0.674. The number of anilines is 2. The Bertz CT molecular complexity index is 1540. The molecule has 5 rings (SSSR count). The van der Waals surface area contributed by atoms with Crippen molar-refractivity contribution in [3.8, 4) is 28.4 Å². The van der Waals surface area contributed by atoms with Crippen LogP contribution in [0.1, 0.15) is 36.9 Å². The number of rotatable bonds is 7. The second-order valence-electron chi connectivity index (χ2n) is 10.6. The van der Waals surface area contributed by atoms with E-state index in [2.05, 4.69) is 30.7 Å². The second-order valence-corrected chi connectivity index (χ2v) is 10.6. The Balaban J connectivity index is 1.24. The van der Waals surface area contributed by atoms with Crippen molar-refractivity contribution >= 4 is 23.6 Å². The quantitative estimate of drug-likeness (QED) is 0.325. The lowest BCUT2D eigenvalue weighted by Gasteiger charge is -2.39. The predicted molar refractivity (Wildman–Crippen MR) is 152 cm³/mol. The van der Waals surface area contributed by atoms with Gasteiger partial charge in [0.05, 0.1) is 18.8 Å². The second kappa shape index (κ2) is 11.2. The third kappa shape index (κ3) is 6.26. The minimum Gasteiger partial charge on any atom is -0.479 e. The number of hydrogen-bond donors (Lipinski definition) is 2. The van der Waals surface area contributed by atoms with Crippen LogP contribution in [0.25, 0.3) is 22.5 Å². The molecule has 1 aliphatic rings. The fraction of sp³-hybridized carbons (Fsp3) is 0.310. The number of pyridine rings is 1. The summed E-state index contributed by atoms with van der Waals surface area (Å²) in [5.41, 5.74) is 2.64. The number of amides is 2. The highest BCUT2D eigenvalue weighted by Gasteiger charge is 2.34. The van der Waals surface area contributed by atoms with Gasteiger partial charge in [-0.3, -0.25) is 4.79 Å². The number of ether oxygens (including phenoxy) is 2. The number of benzene rings is 1. The SMILES string of the molecule is COc1nc(-c2cnc(NC3CN(C(=O)OC(C)(C)C)C3)nc2)ccc1NC(=O)c1c(-c2ccccc2)noc1C. The van der Waals surface area contributed by atoms with Crippen LogP contribution in [0.3, 0.4) is 0 Å². The number of likely N-dealkylation sites (tertiary alicyclic amines) is 1. The molecule has 12 nitrogen and oxygen atoms in total. The average molecular weight is 558 g/mol. The zero-order valence-electron chi connectivity index (χ0n) is 23.5. The Kier molecular flexibility index (Phi) is 7.56. The largest absolute Gasteiger partial charge is 0.479 e. The van der Waals surface area contributed by atoms with Crippen molar-refractivity contribution in [3.63, 3.8) is 0 Å². The highest BCUT2D eigenvalue weighted by molar-refractivity contribution is 6.09.